The Morgan fingerprint density at radius 3 is 2.63 bits per heavy atom. The van der Waals surface area contributed by atoms with E-state index in [-0.39, 0.29) is 0 Å². The number of thiophene rings is 1. The van der Waals surface area contributed by atoms with Crippen molar-refractivity contribution in [1.29, 1.82) is 0 Å². The van der Waals surface area contributed by atoms with Gasteiger partial charge >= 0.3 is 5.97 Å². The van der Waals surface area contributed by atoms with Crippen molar-refractivity contribution in [2.75, 3.05) is 13.1 Å². The van der Waals surface area contributed by atoms with Gasteiger partial charge in [-0.25, -0.2) is 0 Å². The molecule has 0 radical (unpaired) electrons. The molecule has 0 aromatic carbocycles. The number of piperidine rings is 1. The number of nitrogens with zero attached hydrogens (tertiary/aromatic N) is 1. The van der Waals surface area contributed by atoms with Crippen molar-refractivity contribution in [3.63, 3.8) is 0 Å². The standard InChI is InChI=1S/C15H23NO2S/c1-2-13-4-5-14(19-13)11-16-9-7-12(8-10-16)3-6-15(17)18/h4-5,12H,2-3,6-11H2,1H3,(H,17,18). The van der Waals surface area contributed by atoms with E-state index in [1.54, 1.807) is 0 Å². The minimum Gasteiger partial charge on any atom is -0.481 e. The molecule has 1 N–H and O–H groups in total. The largest absolute Gasteiger partial charge is 0.481 e. The third-order valence-electron chi connectivity index (χ3n) is 3.92. The maximum absolute atomic E-state index is 10.6. The summed E-state index contributed by atoms with van der Waals surface area (Å²) in [7, 11) is 0. The number of carboxylic acid groups (broad SMARTS) is 1. The van der Waals surface area contributed by atoms with E-state index < -0.39 is 5.97 Å². The Morgan fingerprint density at radius 2 is 2.05 bits per heavy atom. The van der Waals surface area contributed by atoms with Crippen LogP contribution in [0.5, 0.6) is 0 Å². The van der Waals surface area contributed by atoms with Crippen LogP contribution in [0.4, 0.5) is 0 Å². The molecule has 1 saturated heterocycles. The molecule has 3 nitrogen and oxygen atoms in total. The van der Waals surface area contributed by atoms with E-state index in [0.717, 1.165) is 45.3 Å². The van der Waals surface area contributed by atoms with E-state index in [1.807, 2.05) is 11.3 Å². The summed E-state index contributed by atoms with van der Waals surface area (Å²) >= 11 is 1.92. The second kappa shape index (κ2) is 7.06. The summed E-state index contributed by atoms with van der Waals surface area (Å²) < 4.78 is 0. The summed E-state index contributed by atoms with van der Waals surface area (Å²) in [5, 5.41) is 8.71. The molecule has 0 aliphatic carbocycles. The van der Waals surface area contributed by atoms with Crippen LogP contribution in [0.25, 0.3) is 0 Å². The van der Waals surface area contributed by atoms with Crippen molar-refractivity contribution in [2.45, 2.75) is 45.6 Å². The smallest absolute Gasteiger partial charge is 0.303 e. The summed E-state index contributed by atoms with van der Waals surface area (Å²) in [4.78, 5) is 16.0. The fourth-order valence-corrected chi connectivity index (χ4v) is 3.68. The zero-order valence-electron chi connectivity index (χ0n) is 11.6. The molecule has 19 heavy (non-hydrogen) atoms. The van der Waals surface area contributed by atoms with E-state index in [0.29, 0.717) is 12.3 Å². The molecule has 106 valence electrons. The molecule has 4 heteroatoms. The van der Waals surface area contributed by atoms with Gasteiger partial charge in [-0.1, -0.05) is 6.92 Å². The minimum atomic E-state index is -0.659. The van der Waals surface area contributed by atoms with E-state index in [2.05, 4.69) is 24.0 Å². The van der Waals surface area contributed by atoms with Crippen LogP contribution in [-0.2, 0) is 17.8 Å². The fourth-order valence-electron chi connectivity index (χ4n) is 2.68. The molecule has 0 spiro atoms. The van der Waals surface area contributed by atoms with Gasteiger partial charge in [0.2, 0.25) is 0 Å². The number of likely N-dealkylation sites (tertiary alicyclic amines) is 1. The Balaban J connectivity index is 1.72. The van der Waals surface area contributed by atoms with Gasteiger partial charge in [-0.05, 0) is 56.8 Å². The Labute approximate surface area is 119 Å². The number of hydrogen-bond acceptors (Lipinski definition) is 3. The maximum Gasteiger partial charge on any atom is 0.303 e. The van der Waals surface area contributed by atoms with Crippen LogP contribution in [-0.4, -0.2) is 29.1 Å². The van der Waals surface area contributed by atoms with Gasteiger partial charge in [-0.15, -0.1) is 11.3 Å². The molecule has 0 amide bonds. The van der Waals surface area contributed by atoms with Gasteiger partial charge in [0.25, 0.3) is 0 Å². The Morgan fingerprint density at radius 1 is 1.37 bits per heavy atom. The second-order valence-corrected chi connectivity index (χ2v) is 6.63. The Kier molecular flexibility index (Phi) is 5.40. The van der Waals surface area contributed by atoms with Crippen LogP contribution in [0.3, 0.4) is 0 Å². The van der Waals surface area contributed by atoms with E-state index in [4.69, 9.17) is 5.11 Å². The van der Waals surface area contributed by atoms with Crippen LogP contribution < -0.4 is 0 Å². The van der Waals surface area contributed by atoms with Gasteiger partial charge in [-0.3, -0.25) is 9.69 Å². The van der Waals surface area contributed by atoms with E-state index >= 15 is 0 Å². The molecule has 2 heterocycles. The average Bonchev–Trinajstić information content (AvgIpc) is 2.85. The highest BCUT2D eigenvalue weighted by molar-refractivity contribution is 7.11. The lowest BCUT2D eigenvalue weighted by atomic mass is 9.92. The van der Waals surface area contributed by atoms with Gasteiger partial charge in [0.05, 0.1) is 0 Å². The zero-order valence-corrected chi connectivity index (χ0v) is 12.4. The average molecular weight is 281 g/mol. The molecule has 1 aromatic rings. The summed E-state index contributed by atoms with van der Waals surface area (Å²) in [6, 6.07) is 4.49. The van der Waals surface area contributed by atoms with Crippen LogP contribution in [0.2, 0.25) is 0 Å². The number of aryl methyl sites for hydroxylation is 1. The predicted octanol–water partition coefficient (Wildman–Crippen LogP) is 3.39. The molecule has 0 unspecified atom stereocenters. The first-order chi connectivity index (χ1) is 9.17. The normalized spacial score (nSPS) is 17.7. The molecule has 0 atom stereocenters. The highest BCUT2D eigenvalue weighted by atomic mass is 32.1. The van der Waals surface area contributed by atoms with Crippen LogP contribution in [0.1, 0.15) is 42.4 Å². The van der Waals surface area contributed by atoms with Crippen molar-refractivity contribution in [2.24, 2.45) is 5.92 Å². The molecular weight excluding hydrogens is 258 g/mol. The maximum atomic E-state index is 10.6. The Hall–Kier alpha value is -0.870. The molecular formula is C15H23NO2S. The number of hydrogen-bond donors (Lipinski definition) is 1. The van der Waals surface area contributed by atoms with E-state index in [9.17, 15) is 4.79 Å². The molecule has 2 rings (SSSR count). The number of carbonyl (C=O) groups is 1. The molecule has 1 fully saturated rings. The third-order valence-corrected chi connectivity index (χ3v) is 5.13. The topological polar surface area (TPSA) is 40.5 Å². The second-order valence-electron chi connectivity index (χ2n) is 5.37. The first kappa shape index (κ1) is 14.5. The zero-order chi connectivity index (χ0) is 13.7. The summed E-state index contributed by atoms with van der Waals surface area (Å²) in [6.07, 6.45) is 4.61. The molecule has 1 aliphatic heterocycles. The van der Waals surface area contributed by atoms with Gasteiger partial charge in [0.1, 0.15) is 0 Å². The van der Waals surface area contributed by atoms with Crippen LogP contribution in [0.15, 0.2) is 12.1 Å². The molecule has 1 aromatic heterocycles. The van der Waals surface area contributed by atoms with Gasteiger partial charge in [0, 0.05) is 22.7 Å². The lowest BCUT2D eigenvalue weighted by Crippen LogP contribution is -2.33. The van der Waals surface area contributed by atoms with Gasteiger partial charge < -0.3 is 5.11 Å². The lowest BCUT2D eigenvalue weighted by molar-refractivity contribution is -0.137. The van der Waals surface area contributed by atoms with Crippen LogP contribution in [0, 0.1) is 5.92 Å². The van der Waals surface area contributed by atoms with Gasteiger partial charge in [-0.2, -0.15) is 0 Å². The SMILES string of the molecule is CCc1ccc(CN2CCC(CCC(=O)O)CC2)s1. The monoisotopic (exact) mass is 281 g/mol. The summed E-state index contributed by atoms with van der Waals surface area (Å²) in [5.74, 6) is -0.0463. The van der Waals surface area contributed by atoms with E-state index in [1.165, 1.54) is 9.75 Å². The first-order valence-corrected chi connectivity index (χ1v) is 8.00. The number of aliphatic carboxylic acids is 1. The number of rotatable bonds is 6. The minimum absolute atomic E-state index is 0.329. The van der Waals surface area contributed by atoms with Crippen molar-refractivity contribution in [3.8, 4) is 0 Å². The van der Waals surface area contributed by atoms with Crippen molar-refractivity contribution in [3.05, 3.63) is 21.9 Å². The third kappa shape index (κ3) is 4.62. The quantitative estimate of drug-likeness (QED) is 0.869. The van der Waals surface area contributed by atoms with Gasteiger partial charge in [0.15, 0.2) is 0 Å². The first-order valence-electron chi connectivity index (χ1n) is 7.19. The number of carboxylic acids is 1. The summed E-state index contributed by atoms with van der Waals surface area (Å²) in [6.45, 7) is 5.49. The highest BCUT2D eigenvalue weighted by Crippen LogP contribution is 2.25. The van der Waals surface area contributed by atoms with Crippen molar-refractivity contribution >= 4 is 17.3 Å². The summed E-state index contributed by atoms with van der Waals surface area (Å²) in [5.41, 5.74) is 0. The molecule has 0 saturated carbocycles. The Bertz CT molecular complexity index is 408. The van der Waals surface area contributed by atoms with Crippen molar-refractivity contribution in [1.82, 2.24) is 4.90 Å². The molecule has 1 aliphatic rings. The highest BCUT2D eigenvalue weighted by Gasteiger charge is 2.20. The fraction of sp³-hybridized carbons (Fsp3) is 0.667. The lowest BCUT2D eigenvalue weighted by Gasteiger charge is -2.31. The van der Waals surface area contributed by atoms with Crippen molar-refractivity contribution < 1.29 is 9.90 Å². The van der Waals surface area contributed by atoms with Crippen LogP contribution >= 0.6 is 11.3 Å². The predicted molar refractivity (Wildman–Crippen MR) is 78.6 cm³/mol. The molecule has 0 bridgehead atoms.